The molecule has 2 nitrogen and oxygen atoms in total. The van der Waals surface area contributed by atoms with Crippen LogP contribution in [0.4, 0.5) is 5.69 Å². The van der Waals surface area contributed by atoms with Crippen LogP contribution >= 0.6 is 43.5 Å². The molecule has 5 heteroatoms. The van der Waals surface area contributed by atoms with Gasteiger partial charge in [0, 0.05) is 11.0 Å². The number of hydrogen-bond acceptors (Lipinski definition) is 2. The second-order valence-corrected chi connectivity index (χ2v) is 5.55. The Hall–Kier alpha value is -0.580. The van der Waals surface area contributed by atoms with Crippen molar-refractivity contribution in [2.45, 2.75) is 6.54 Å². The lowest BCUT2D eigenvalue weighted by atomic mass is 10.2. The fourth-order valence-electron chi connectivity index (χ4n) is 1.33. The quantitative estimate of drug-likeness (QED) is 0.773. The van der Waals surface area contributed by atoms with Crippen LogP contribution in [0.5, 0.6) is 0 Å². The molecule has 0 atom stereocenters. The highest BCUT2D eigenvalue weighted by Crippen LogP contribution is 2.23. The second-order valence-electron chi connectivity index (χ2n) is 3.47. The van der Waals surface area contributed by atoms with E-state index < -0.39 is 0 Å². The molecule has 2 aromatic rings. The van der Waals surface area contributed by atoms with E-state index in [2.05, 4.69) is 42.2 Å². The summed E-state index contributed by atoms with van der Waals surface area (Å²) in [5.74, 6) is 0. The van der Waals surface area contributed by atoms with Crippen molar-refractivity contribution in [1.82, 2.24) is 4.98 Å². The van der Waals surface area contributed by atoms with Crippen molar-refractivity contribution >= 4 is 49.1 Å². The van der Waals surface area contributed by atoms with E-state index >= 15 is 0 Å². The van der Waals surface area contributed by atoms with Gasteiger partial charge in [0.1, 0.15) is 4.60 Å². The van der Waals surface area contributed by atoms with E-state index in [-0.39, 0.29) is 0 Å². The number of nitrogens with one attached hydrogen (secondary N) is 1. The molecule has 17 heavy (non-hydrogen) atoms. The topological polar surface area (TPSA) is 24.9 Å². The van der Waals surface area contributed by atoms with Gasteiger partial charge in [-0.2, -0.15) is 0 Å². The van der Waals surface area contributed by atoms with Crippen LogP contribution in [0, 0.1) is 0 Å². The highest BCUT2D eigenvalue weighted by Gasteiger charge is 1.99. The predicted octanol–water partition coefficient (Wildman–Crippen LogP) is 4.87. The summed E-state index contributed by atoms with van der Waals surface area (Å²) >= 11 is 12.7. The van der Waals surface area contributed by atoms with Crippen LogP contribution in [0.15, 0.2) is 45.6 Å². The summed E-state index contributed by atoms with van der Waals surface area (Å²) in [5.41, 5.74) is 2.10. The Morgan fingerprint density at radius 2 is 2.00 bits per heavy atom. The Labute approximate surface area is 122 Å². The molecule has 0 bridgehead atoms. The van der Waals surface area contributed by atoms with Crippen molar-refractivity contribution in [1.29, 1.82) is 0 Å². The number of hydrogen-bond donors (Lipinski definition) is 1. The van der Waals surface area contributed by atoms with Crippen molar-refractivity contribution in [3.05, 3.63) is 56.2 Å². The lowest BCUT2D eigenvalue weighted by molar-refractivity contribution is 1.13. The lowest BCUT2D eigenvalue weighted by Crippen LogP contribution is -1.99. The summed E-state index contributed by atoms with van der Waals surface area (Å²) in [5, 5.41) is 4.00. The number of aromatic nitrogens is 1. The minimum atomic E-state index is 0.719. The summed E-state index contributed by atoms with van der Waals surface area (Å²) < 4.78 is 1.74. The molecule has 0 amide bonds. The third-order valence-electron chi connectivity index (χ3n) is 2.21. The zero-order valence-corrected chi connectivity index (χ0v) is 12.7. The maximum atomic E-state index is 6.02. The minimum absolute atomic E-state index is 0.719. The molecule has 0 radical (unpaired) electrons. The van der Waals surface area contributed by atoms with Gasteiger partial charge in [0.15, 0.2) is 0 Å². The first-order chi connectivity index (χ1) is 8.15. The van der Waals surface area contributed by atoms with Crippen LogP contribution in [-0.4, -0.2) is 4.98 Å². The van der Waals surface area contributed by atoms with Crippen molar-refractivity contribution in [3.8, 4) is 0 Å². The molecule has 2 rings (SSSR count). The maximum absolute atomic E-state index is 6.02. The summed E-state index contributed by atoms with van der Waals surface area (Å²) in [7, 11) is 0. The molecule has 1 aromatic heterocycles. The Kier molecular flexibility index (Phi) is 4.42. The Morgan fingerprint density at radius 3 is 2.65 bits per heavy atom. The molecule has 0 saturated heterocycles. The molecule has 0 saturated carbocycles. The van der Waals surface area contributed by atoms with Crippen LogP contribution in [0.2, 0.25) is 5.02 Å². The minimum Gasteiger partial charge on any atom is -0.380 e. The Morgan fingerprint density at radius 1 is 1.18 bits per heavy atom. The summed E-state index contributed by atoms with van der Waals surface area (Å²) in [4.78, 5) is 4.14. The van der Waals surface area contributed by atoms with Crippen molar-refractivity contribution in [2.24, 2.45) is 0 Å². The monoisotopic (exact) mass is 374 g/mol. The molecule has 0 fully saturated rings. The van der Waals surface area contributed by atoms with Gasteiger partial charge in [0.25, 0.3) is 0 Å². The lowest BCUT2D eigenvalue weighted by Gasteiger charge is -2.07. The normalized spacial score (nSPS) is 10.3. The molecule has 0 aliphatic carbocycles. The van der Waals surface area contributed by atoms with Gasteiger partial charge in [-0.1, -0.05) is 17.7 Å². The van der Waals surface area contributed by atoms with E-state index in [1.165, 1.54) is 0 Å². The van der Waals surface area contributed by atoms with Gasteiger partial charge in [0.2, 0.25) is 0 Å². The highest BCUT2D eigenvalue weighted by molar-refractivity contribution is 9.10. The second kappa shape index (κ2) is 5.85. The molecule has 0 aliphatic rings. The fourth-order valence-corrected chi connectivity index (χ4v) is 2.02. The van der Waals surface area contributed by atoms with Crippen LogP contribution in [0.25, 0.3) is 0 Å². The van der Waals surface area contributed by atoms with Crippen LogP contribution in [0.3, 0.4) is 0 Å². The first kappa shape index (κ1) is 12.9. The number of rotatable bonds is 3. The molecule has 0 unspecified atom stereocenters. The number of halogens is 3. The first-order valence-electron chi connectivity index (χ1n) is 4.94. The van der Waals surface area contributed by atoms with Gasteiger partial charge < -0.3 is 5.32 Å². The maximum Gasteiger partial charge on any atom is 0.106 e. The van der Waals surface area contributed by atoms with Gasteiger partial charge >= 0.3 is 0 Å². The summed E-state index contributed by atoms with van der Waals surface area (Å²) in [6, 6.07) is 9.77. The van der Waals surface area contributed by atoms with Crippen molar-refractivity contribution in [2.75, 3.05) is 5.32 Å². The summed E-state index contributed by atoms with van der Waals surface area (Å²) in [6.07, 6.45) is 1.78. The Bertz CT molecular complexity index is 514. The molecule has 0 aliphatic heterocycles. The smallest absolute Gasteiger partial charge is 0.106 e. The fraction of sp³-hybridized carbons (Fsp3) is 0.0833. The van der Waals surface area contributed by atoms with Gasteiger partial charge in [-0.05, 0) is 61.7 Å². The third-order valence-corrected chi connectivity index (χ3v) is 3.91. The standard InChI is InChI=1S/C12H9Br2ClN2/c13-10-3-1-8(5-11(10)15)6-16-9-2-4-12(14)17-7-9/h1-5,7,16H,6H2. The van der Waals surface area contributed by atoms with Crippen LogP contribution in [0.1, 0.15) is 5.56 Å². The number of nitrogens with zero attached hydrogens (tertiary/aromatic N) is 1. The highest BCUT2D eigenvalue weighted by atomic mass is 79.9. The molecular weight excluding hydrogens is 367 g/mol. The van der Waals surface area contributed by atoms with E-state index in [1.54, 1.807) is 6.20 Å². The van der Waals surface area contributed by atoms with Crippen LogP contribution < -0.4 is 5.32 Å². The molecule has 1 heterocycles. The number of benzene rings is 1. The SMILES string of the molecule is Clc1cc(CNc2ccc(Br)nc2)ccc1Br. The van der Waals surface area contributed by atoms with Crippen molar-refractivity contribution in [3.63, 3.8) is 0 Å². The van der Waals surface area contributed by atoms with Crippen LogP contribution in [-0.2, 0) is 6.54 Å². The van der Waals surface area contributed by atoms with E-state index in [1.807, 2.05) is 30.3 Å². The van der Waals surface area contributed by atoms with E-state index in [9.17, 15) is 0 Å². The molecule has 1 N–H and O–H groups in total. The van der Waals surface area contributed by atoms with Gasteiger partial charge in [-0.3, -0.25) is 0 Å². The Balaban J connectivity index is 2.02. The molecular formula is C12H9Br2ClN2. The zero-order chi connectivity index (χ0) is 12.3. The molecule has 0 spiro atoms. The van der Waals surface area contributed by atoms with E-state index in [4.69, 9.17) is 11.6 Å². The number of pyridine rings is 1. The first-order valence-corrected chi connectivity index (χ1v) is 6.91. The molecule has 88 valence electrons. The van der Waals surface area contributed by atoms with E-state index in [0.29, 0.717) is 0 Å². The largest absolute Gasteiger partial charge is 0.380 e. The van der Waals surface area contributed by atoms with Crippen molar-refractivity contribution < 1.29 is 0 Å². The predicted molar refractivity (Wildman–Crippen MR) is 78.4 cm³/mol. The van der Waals surface area contributed by atoms with Gasteiger partial charge in [-0.25, -0.2) is 4.98 Å². The van der Waals surface area contributed by atoms with Gasteiger partial charge in [-0.15, -0.1) is 0 Å². The number of anilines is 1. The average molecular weight is 376 g/mol. The van der Waals surface area contributed by atoms with Gasteiger partial charge in [0.05, 0.1) is 16.9 Å². The zero-order valence-electron chi connectivity index (χ0n) is 8.75. The average Bonchev–Trinajstić information content (AvgIpc) is 2.33. The molecule has 1 aromatic carbocycles. The third kappa shape index (κ3) is 3.69. The van der Waals surface area contributed by atoms with E-state index in [0.717, 1.165) is 31.9 Å². The summed E-state index contributed by atoms with van der Waals surface area (Å²) in [6.45, 7) is 0.719.